The number of carbonyl (C=O) groups excluding carboxylic acids is 1. The normalized spacial score (nSPS) is 20.4. The standard InChI is InChI=1S/C23H29N3O3/c27-23(26-11-5-4-8-21(26)17-25-12-14-28-15-13-25)20-9-10-22(24-16-20)29-18-19-6-2-1-3-7-19/h1-3,6-7,9-10,16,21H,4-5,8,11-15,17-18H2. The van der Waals surface area contributed by atoms with E-state index in [-0.39, 0.29) is 11.9 Å². The fourth-order valence-electron chi connectivity index (χ4n) is 4.03. The van der Waals surface area contributed by atoms with Crippen molar-refractivity contribution in [2.75, 3.05) is 39.4 Å². The number of likely N-dealkylation sites (tertiary alicyclic amines) is 1. The SMILES string of the molecule is O=C(c1ccc(OCc2ccccc2)nc1)N1CCCCC1CN1CCOCC1. The maximum absolute atomic E-state index is 13.1. The lowest BCUT2D eigenvalue weighted by Crippen LogP contribution is -2.51. The van der Waals surface area contributed by atoms with Crippen molar-refractivity contribution < 1.29 is 14.3 Å². The highest BCUT2D eigenvalue weighted by Crippen LogP contribution is 2.21. The summed E-state index contributed by atoms with van der Waals surface area (Å²) < 4.78 is 11.2. The lowest BCUT2D eigenvalue weighted by molar-refractivity contribution is 0.0166. The molecule has 2 aliphatic heterocycles. The molecule has 1 amide bonds. The molecule has 6 nitrogen and oxygen atoms in total. The molecule has 2 aromatic rings. The van der Waals surface area contributed by atoms with Crippen molar-refractivity contribution in [3.05, 3.63) is 59.8 Å². The maximum atomic E-state index is 13.1. The van der Waals surface area contributed by atoms with Gasteiger partial charge in [-0.05, 0) is 30.9 Å². The number of aromatic nitrogens is 1. The highest BCUT2D eigenvalue weighted by Gasteiger charge is 2.29. The number of ether oxygens (including phenoxy) is 2. The fourth-order valence-corrected chi connectivity index (χ4v) is 4.03. The zero-order valence-electron chi connectivity index (χ0n) is 16.8. The Morgan fingerprint density at radius 3 is 2.66 bits per heavy atom. The Bertz CT molecular complexity index is 776. The average molecular weight is 396 g/mol. The van der Waals surface area contributed by atoms with E-state index in [0.29, 0.717) is 18.1 Å². The van der Waals surface area contributed by atoms with Gasteiger partial charge in [-0.15, -0.1) is 0 Å². The molecule has 0 aliphatic carbocycles. The highest BCUT2D eigenvalue weighted by atomic mass is 16.5. The second-order valence-corrected chi connectivity index (χ2v) is 7.72. The summed E-state index contributed by atoms with van der Waals surface area (Å²) in [6, 6.07) is 13.9. The Labute approximate surface area is 172 Å². The number of benzene rings is 1. The van der Waals surface area contributed by atoms with Gasteiger partial charge in [0.2, 0.25) is 5.88 Å². The first-order chi connectivity index (χ1) is 14.3. The van der Waals surface area contributed by atoms with Gasteiger partial charge in [-0.3, -0.25) is 9.69 Å². The summed E-state index contributed by atoms with van der Waals surface area (Å²) in [6.07, 6.45) is 4.96. The summed E-state index contributed by atoms with van der Waals surface area (Å²) in [5, 5.41) is 0. The molecule has 1 aromatic heterocycles. The second-order valence-electron chi connectivity index (χ2n) is 7.72. The third-order valence-electron chi connectivity index (χ3n) is 5.67. The smallest absolute Gasteiger partial charge is 0.255 e. The van der Waals surface area contributed by atoms with Crippen LogP contribution >= 0.6 is 0 Å². The van der Waals surface area contributed by atoms with Crippen LogP contribution in [0.25, 0.3) is 0 Å². The third-order valence-corrected chi connectivity index (χ3v) is 5.67. The largest absolute Gasteiger partial charge is 0.473 e. The van der Waals surface area contributed by atoms with Gasteiger partial charge >= 0.3 is 0 Å². The summed E-state index contributed by atoms with van der Waals surface area (Å²) in [7, 11) is 0. The minimum absolute atomic E-state index is 0.0741. The molecule has 0 radical (unpaired) electrons. The molecular formula is C23H29N3O3. The van der Waals surface area contributed by atoms with E-state index in [4.69, 9.17) is 9.47 Å². The number of hydrogen-bond donors (Lipinski definition) is 0. The Morgan fingerprint density at radius 1 is 1.07 bits per heavy atom. The van der Waals surface area contributed by atoms with E-state index in [1.807, 2.05) is 41.3 Å². The van der Waals surface area contributed by atoms with Crippen molar-refractivity contribution in [3.8, 4) is 5.88 Å². The first-order valence-electron chi connectivity index (χ1n) is 10.5. The van der Waals surface area contributed by atoms with Crippen LogP contribution in [0, 0.1) is 0 Å². The summed E-state index contributed by atoms with van der Waals surface area (Å²) in [6.45, 7) is 5.70. The molecule has 0 spiro atoms. The Morgan fingerprint density at radius 2 is 1.90 bits per heavy atom. The van der Waals surface area contributed by atoms with Crippen LogP contribution in [0.2, 0.25) is 0 Å². The number of morpholine rings is 1. The predicted molar refractivity (Wildman–Crippen MR) is 111 cm³/mol. The van der Waals surface area contributed by atoms with E-state index in [1.165, 1.54) is 6.42 Å². The molecule has 0 saturated carbocycles. The topological polar surface area (TPSA) is 54.9 Å². The molecule has 29 heavy (non-hydrogen) atoms. The molecule has 1 aromatic carbocycles. The Balaban J connectivity index is 1.36. The minimum Gasteiger partial charge on any atom is -0.473 e. The van der Waals surface area contributed by atoms with Crippen LogP contribution in [0.3, 0.4) is 0 Å². The monoisotopic (exact) mass is 395 g/mol. The van der Waals surface area contributed by atoms with E-state index in [1.54, 1.807) is 12.3 Å². The first-order valence-corrected chi connectivity index (χ1v) is 10.5. The number of rotatable bonds is 6. The molecule has 3 heterocycles. The molecule has 0 N–H and O–H groups in total. The van der Waals surface area contributed by atoms with Gasteiger partial charge < -0.3 is 14.4 Å². The fraction of sp³-hybridized carbons (Fsp3) is 0.478. The summed E-state index contributed by atoms with van der Waals surface area (Å²) in [4.78, 5) is 22.0. The molecule has 2 fully saturated rings. The first kappa shape index (κ1) is 19.9. The van der Waals surface area contributed by atoms with Crippen molar-refractivity contribution in [3.63, 3.8) is 0 Å². The van der Waals surface area contributed by atoms with E-state index < -0.39 is 0 Å². The van der Waals surface area contributed by atoms with Gasteiger partial charge in [-0.25, -0.2) is 4.98 Å². The summed E-state index contributed by atoms with van der Waals surface area (Å²) in [5.74, 6) is 0.610. The van der Waals surface area contributed by atoms with E-state index in [2.05, 4.69) is 9.88 Å². The van der Waals surface area contributed by atoms with Crippen molar-refractivity contribution in [1.82, 2.24) is 14.8 Å². The van der Waals surface area contributed by atoms with Crippen molar-refractivity contribution in [2.24, 2.45) is 0 Å². The Hall–Kier alpha value is -2.44. The number of hydrogen-bond acceptors (Lipinski definition) is 5. The molecule has 1 atom stereocenters. The van der Waals surface area contributed by atoms with Gasteiger partial charge in [0.15, 0.2) is 0 Å². The third kappa shape index (κ3) is 5.34. The quantitative estimate of drug-likeness (QED) is 0.753. The van der Waals surface area contributed by atoms with Crippen molar-refractivity contribution in [1.29, 1.82) is 0 Å². The molecule has 2 aliphatic rings. The number of piperidine rings is 1. The molecule has 154 valence electrons. The summed E-state index contributed by atoms with van der Waals surface area (Å²) >= 11 is 0. The van der Waals surface area contributed by atoms with Crippen LogP contribution in [0.5, 0.6) is 5.88 Å². The molecule has 1 unspecified atom stereocenters. The second kappa shape index (κ2) is 9.85. The van der Waals surface area contributed by atoms with Gasteiger partial charge in [-0.2, -0.15) is 0 Å². The number of amides is 1. The zero-order chi connectivity index (χ0) is 19.9. The lowest BCUT2D eigenvalue weighted by atomic mass is 10.00. The summed E-state index contributed by atoms with van der Waals surface area (Å²) in [5.41, 5.74) is 1.72. The molecule has 4 rings (SSSR count). The van der Waals surface area contributed by atoms with Crippen LogP contribution in [0.15, 0.2) is 48.7 Å². The minimum atomic E-state index is 0.0741. The van der Waals surface area contributed by atoms with Crippen molar-refractivity contribution >= 4 is 5.91 Å². The van der Waals surface area contributed by atoms with Gasteiger partial charge in [0.1, 0.15) is 6.61 Å². The van der Waals surface area contributed by atoms with Gasteiger partial charge in [0, 0.05) is 44.5 Å². The van der Waals surface area contributed by atoms with E-state index in [0.717, 1.165) is 57.8 Å². The van der Waals surface area contributed by atoms with Gasteiger partial charge in [-0.1, -0.05) is 30.3 Å². The molecule has 2 saturated heterocycles. The van der Waals surface area contributed by atoms with Crippen LogP contribution in [-0.4, -0.2) is 66.1 Å². The molecular weight excluding hydrogens is 366 g/mol. The van der Waals surface area contributed by atoms with Crippen LogP contribution in [0.1, 0.15) is 35.2 Å². The van der Waals surface area contributed by atoms with E-state index >= 15 is 0 Å². The van der Waals surface area contributed by atoms with Crippen LogP contribution in [-0.2, 0) is 11.3 Å². The number of carbonyl (C=O) groups is 1. The number of nitrogens with zero attached hydrogens (tertiary/aromatic N) is 3. The van der Waals surface area contributed by atoms with Crippen LogP contribution < -0.4 is 4.74 Å². The van der Waals surface area contributed by atoms with Crippen LogP contribution in [0.4, 0.5) is 0 Å². The highest BCUT2D eigenvalue weighted by molar-refractivity contribution is 5.94. The Kier molecular flexibility index (Phi) is 6.75. The number of pyridine rings is 1. The zero-order valence-corrected chi connectivity index (χ0v) is 16.8. The van der Waals surface area contributed by atoms with E-state index in [9.17, 15) is 4.79 Å². The van der Waals surface area contributed by atoms with Crippen molar-refractivity contribution in [2.45, 2.75) is 31.9 Å². The predicted octanol–water partition coefficient (Wildman–Crippen LogP) is 2.99. The molecule has 6 heteroatoms. The average Bonchev–Trinajstić information content (AvgIpc) is 2.79. The van der Waals surface area contributed by atoms with Gasteiger partial charge in [0.05, 0.1) is 18.8 Å². The lowest BCUT2D eigenvalue weighted by Gasteiger charge is -2.39. The van der Waals surface area contributed by atoms with Gasteiger partial charge in [0.25, 0.3) is 5.91 Å². The maximum Gasteiger partial charge on any atom is 0.255 e. The molecule has 0 bridgehead atoms.